The van der Waals surface area contributed by atoms with Crippen molar-refractivity contribution >= 4 is 5.78 Å². The third-order valence-electron chi connectivity index (χ3n) is 1.59. The zero-order chi connectivity index (χ0) is 9.68. The van der Waals surface area contributed by atoms with Gasteiger partial charge in [-0.05, 0) is 0 Å². The van der Waals surface area contributed by atoms with Crippen LogP contribution in [0.5, 0.6) is 0 Å². The Balaban J connectivity index is 2.55. The highest BCUT2D eigenvalue weighted by molar-refractivity contribution is 5.94. The molecule has 0 saturated heterocycles. The van der Waals surface area contributed by atoms with Gasteiger partial charge in [0.05, 0.1) is 18.1 Å². The van der Waals surface area contributed by atoms with Gasteiger partial charge in [0.1, 0.15) is 0 Å². The maximum Gasteiger partial charge on any atom is 0.180 e. The highest BCUT2D eigenvalue weighted by Gasteiger charge is 2.11. The van der Waals surface area contributed by atoms with Crippen molar-refractivity contribution in [1.82, 2.24) is 9.97 Å². The molecule has 1 heterocycles. The first kappa shape index (κ1) is 9.45. The van der Waals surface area contributed by atoms with Crippen LogP contribution >= 0.6 is 0 Å². The molecule has 1 aromatic rings. The molecule has 0 fully saturated rings. The SMILES string of the molecule is C=C=CC(=O)[C@@H](N)Cc1c[nH]cn1. The molecule has 68 valence electrons. The molecule has 0 aliphatic carbocycles. The molecular formula is C9H11N3O. The van der Waals surface area contributed by atoms with Gasteiger partial charge in [-0.25, -0.2) is 4.98 Å². The van der Waals surface area contributed by atoms with Crippen molar-refractivity contribution < 1.29 is 4.79 Å². The Kier molecular flexibility index (Phi) is 3.20. The van der Waals surface area contributed by atoms with Crippen LogP contribution in [0.15, 0.2) is 30.9 Å². The number of nitrogens with one attached hydrogen (secondary N) is 1. The molecule has 0 saturated carbocycles. The molecule has 4 heteroatoms. The van der Waals surface area contributed by atoms with Crippen LogP contribution in [0.4, 0.5) is 0 Å². The van der Waals surface area contributed by atoms with Gasteiger partial charge in [-0.1, -0.05) is 6.58 Å². The largest absolute Gasteiger partial charge is 0.351 e. The lowest BCUT2D eigenvalue weighted by atomic mass is 10.1. The minimum Gasteiger partial charge on any atom is -0.351 e. The fraction of sp³-hybridized carbons (Fsp3) is 0.222. The molecule has 0 aromatic carbocycles. The molecule has 0 spiro atoms. The van der Waals surface area contributed by atoms with Gasteiger partial charge >= 0.3 is 0 Å². The summed E-state index contributed by atoms with van der Waals surface area (Å²) in [6, 6.07) is -0.558. The summed E-state index contributed by atoms with van der Waals surface area (Å²) in [4.78, 5) is 17.9. The standard InChI is InChI=1S/C9H11N3O/c1-2-3-9(13)8(10)4-7-5-11-6-12-7/h3,5-6,8H,1,4,10H2,(H,11,12)/t8-/m0/s1. The van der Waals surface area contributed by atoms with Crippen LogP contribution in [0.1, 0.15) is 5.69 Å². The van der Waals surface area contributed by atoms with Crippen molar-refractivity contribution in [1.29, 1.82) is 0 Å². The fourth-order valence-corrected chi connectivity index (χ4v) is 0.936. The lowest BCUT2D eigenvalue weighted by molar-refractivity contribution is -0.115. The van der Waals surface area contributed by atoms with Crippen LogP contribution in [0.3, 0.4) is 0 Å². The molecule has 0 unspecified atom stereocenters. The van der Waals surface area contributed by atoms with Crippen molar-refractivity contribution in [3.8, 4) is 0 Å². The van der Waals surface area contributed by atoms with Crippen molar-refractivity contribution in [2.45, 2.75) is 12.5 Å². The second-order valence-corrected chi connectivity index (χ2v) is 2.62. The second kappa shape index (κ2) is 4.40. The number of hydrogen-bond donors (Lipinski definition) is 2. The highest BCUT2D eigenvalue weighted by Crippen LogP contribution is 1.97. The topological polar surface area (TPSA) is 71.8 Å². The summed E-state index contributed by atoms with van der Waals surface area (Å²) in [6.45, 7) is 3.30. The van der Waals surface area contributed by atoms with Gasteiger partial charge in [-0.2, -0.15) is 0 Å². The van der Waals surface area contributed by atoms with Gasteiger partial charge in [0.2, 0.25) is 0 Å². The van der Waals surface area contributed by atoms with Crippen molar-refractivity contribution in [3.63, 3.8) is 0 Å². The fourth-order valence-electron chi connectivity index (χ4n) is 0.936. The van der Waals surface area contributed by atoms with Crippen LogP contribution < -0.4 is 5.73 Å². The Morgan fingerprint density at radius 3 is 3.23 bits per heavy atom. The average molecular weight is 177 g/mol. The van der Waals surface area contributed by atoms with Crippen LogP contribution in [-0.4, -0.2) is 21.8 Å². The number of ketones is 1. The van der Waals surface area contributed by atoms with E-state index in [9.17, 15) is 4.79 Å². The summed E-state index contributed by atoms with van der Waals surface area (Å²) in [6.07, 6.45) is 4.94. The molecule has 0 radical (unpaired) electrons. The Bertz CT molecular complexity index is 323. The predicted octanol–water partition coefficient (Wildman–Crippen LogP) is 0.190. The number of hydrogen-bond acceptors (Lipinski definition) is 3. The summed E-state index contributed by atoms with van der Waals surface area (Å²) in [5, 5.41) is 0. The zero-order valence-electron chi connectivity index (χ0n) is 7.16. The van der Waals surface area contributed by atoms with Gasteiger partial charge in [-0.15, -0.1) is 5.73 Å². The Morgan fingerprint density at radius 1 is 1.92 bits per heavy atom. The number of carbonyl (C=O) groups excluding carboxylic acids is 1. The number of carbonyl (C=O) groups is 1. The summed E-state index contributed by atoms with van der Waals surface area (Å²) in [5.74, 6) is -0.182. The second-order valence-electron chi connectivity index (χ2n) is 2.62. The van der Waals surface area contributed by atoms with Crippen LogP contribution in [0.25, 0.3) is 0 Å². The predicted molar refractivity (Wildman–Crippen MR) is 49.0 cm³/mol. The molecule has 1 atom stereocenters. The summed E-state index contributed by atoms with van der Waals surface area (Å²) in [5.41, 5.74) is 8.76. The van der Waals surface area contributed by atoms with Crippen molar-refractivity contribution in [2.24, 2.45) is 5.73 Å². The van der Waals surface area contributed by atoms with Crippen LogP contribution in [0.2, 0.25) is 0 Å². The molecule has 4 nitrogen and oxygen atoms in total. The number of aromatic nitrogens is 2. The smallest absolute Gasteiger partial charge is 0.180 e. The van der Waals surface area contributed by atoms with Crippen molar-refractivity contribution in [3.05, 3.63) is 36.6 Å². The molecule has 0 bridgehead atoms. The molecule has 0 amide bonds. The van der Waals surface area contributed by atoms with Crippen molar-refractivity contribution in [2.75, 3.05) is 0 Å². The Morgan fingerprint density at radius 2 is 2.69 bits per heavy atom. The first-order valence-corrected chi connectivity index (χ1v) is 3.87. The minimum absolute atomic E-state index is 0.182. The van der Waals surface area contributed by atoms with E-state index in [-0.39, 0.29) is 5.78 Å². The molecule has 0 aliphatic rings. The van der Waals surface area contributed by atoms with Crippen LogP contribution in [0, 0.1) is 0 Å². The van der Waals surface area contributed by atoms with E-state index >= 15 is 0 Å². The average Bonchev–Trinajstić information content (AvgIpc) is 2.57. The van der Waals surface area contributed by atoms with Gasteiger partial charge in [-0.3, -0.25) is 4.79 Å². The van der Waals surface area contributed by atoms with E-state index in [1.54, 1.807) is 12.5 Å². The van der Waals surface area contributed by atoms with E-state index in [0.29, 0.717) is 6.42 Å². The molecule has 0 aliphatic heterocycles. The quantitative estimate of drug-likeness (QED) is 0.509. The molecule has 3 N–H and O–H groups in total. The van der Waals surface area contributed by atoms with E-state index in [1.807, 2.05) is 0 Å². The van der Waals surface area contributed by atoms with E-state index in [0.717, 1.165) is 5.69 Å². The van der Waals surface area contributed by atoms with E-state index in [2.05, 4.69) is 22.3 Å². The maximum atomic E-state index is 11.1. The third-order valence-corrected chi connectivity index (χ3v) is 1.59. The molecule has 1 aromatic heterocycles. The number of H-pyrrole nitrogens is 1. The monoisotopic (exact) mass is 177 g/mol. The number of nitrogens with zero attached hydrogens (tertiary/aromatic N) is 1. The summed E-state index contributed by atoms with van der Waals surface area (Å²) >= 11 is 0. The van der Waals surface area contributed by atoms with Crippen LogP contribution in [-0.2, 0) is 11.2 Å². The number of rotatable bonds is 4. The lowest BCUT2D eigenvalue weighted by Gasteiger charge is -2.03. The Hall–Kier alpha value is -1.64. The normalized spacial score (nSPS) is 11.8. The lowest BCUT2D eigenvalue weighted by Crippen LogP contribution is -2.31. The van der Waals surface area contributed by atoms with E-state index < -0.39 is 6.04 Å². The molecular weight excluding hydrogens is 166 g/mol. The van der Waals surface area contributed by atoms with Gasteiger partial charge < -0.3 is 10.7 Å². The number of aromatic amines is 1. The highest BCUT2D eigenvalue weighted by atomic mass is 16.1. The van der Waals surface area contributed by atoms with E-state index in [1.165, 1.54) is 6.08 Å². The van der Waals surface area contributed by atoms with Gasteiger partial charge in [0.15, 0.2) is 5.78 Å². The van der Waals surface area contributed by atoms with E-state index in [4.69, 9.17) is 5.73 Å². The molecule has 1 rings (SSSR count). The minimum atomic E-state index is -0.558. The number of nitrogens with two attached hydrogens (primary N) is 1. The first-order chi connectivity index (χ1) is 6.24. The summed E-state index contributed by atoms with van der Waals surface area (Å²) in [7, 11) is 0. The zero-order valence-corrected chi connectivity index (χ0v) is 7.16. The van der Waals surface area contributed by atoms with Gasteiger partial charge in [0.25, 0.3) is 0 Å². The van der Waals surface area contributed by atoms with Gasteiger partial charge in [0, 0.05) is 18.7 Å². The molecule has 13 heavy (non-hydrogen) atoms. The first-order valence-electron chi connectivity index (χ1n) is 3.87. The summed E-state index contributed by atoms with van der Waals surface area (Å²) < 4.78 is 0. The third kappa shape index (κ3) is 2.71. The number of imidazole rings is 1. The Labute approximate surface area is 76.2 Å². The maximum absolute atomic E-state index is 11.1.